The molecule has 0 spiro atoms. The largest absolute Gasteiger partial charge is 0.497 e. The Morgan fingerprint density at radius 2 is 2.58 bits per heavy atom. The van der Waals surface area contributed by atoms with Gasteiger partial charge in [-0.2, -0.15) is 0 Å². The zero-order valence-corrected chi connectivity index (χ0v) is 7.58. The van der Waals surface area contributed by atoms with Gasteiger partial charge in [-0.3, -0.25) is 0 Å². The van der Waals surface area contributed by atoms with E-state index in [1.807, 2.05) is 6.92 Å². The highest BCUT2D eigenvalue weighted by Gasteiger charge is 2.12. The molecule has 0 radical (unpaired) electrons. The lowest BCUT2D eigenvalue weighted by Gasteiger charge is -2.20. The van der Waals surface area contributed by atoms with Gasteiger partial charge in [-0.25, -0.2) is 0 Å². The third kappa shape index (κ3) is 2.83. The first-order chi connectivity index (χ1) is 5.84. The fourth-order valence-corrected chi connectivity index (χ4v) is 1.16. The van der Waals surface area contributed by atoms with Crippen LogP contribution in [0, 0.1) is 0 Å². The summed E-state index contributed by atoms with van der Waals surface area (Å²) >= 11 is 0. The minimum absolute atomic E-state index is 0.0785. The van der Waals surface area contributed by atoms with Gasteiger partial charge in [-0.15, -0.1) is 0 Å². The molecular weight excluding hydrogens is 154 g/mol. The summed E-state index contributed by atoms with van der Waals surface area (Å²) in [6, 6.07) is -0.0785. The number of nitrogens with two attached hydrogens (primary N) is 1. The predicted octanol–water partition coefficient (Wildman–Crippen LogP) is 1.04. The van der Waals surface area contributed by atoms with Crippen molar-refractivity contribution in [3.63, 3.8) is 0 Å². The Bertz CT molecular complexity index is 157. The van der Waals surface area contributed by atoms with Crippen LogP contribution in [-0.2, 0) is 9.47 Å². The van der Waals surface area contributed by atoms with Crippen molar-refractivity contribution in [3.8, 4) is 0 Å². The lowest BCUT2D eigenvalue weighted by atomic mass is 10.2. The Morgan fingerprint density at radius 3 is 3.17 bits per heavy atom. The van der Waals surface area contributed by atoms with Gasteiger partial charge in [-0.05, 0) is 25.8 Å². The van der Waals surface area contributed by atoms with Crippen LogP contribution in [0.2, 0.25) is 0 Å². The van der Waals surface area contributed by atoms with Crippen LogP contribution in [0.3, 0.4) is 0 Å². The Kier molecular flexibility index (Phi) is 4.11. The predicted molar refractivity (Wildman–Crippen MR) is 47.7 cm³/mol. The van der Waals surface area contributed by atoms with Crippen molar-refractivity contribution in [2.45, 2.75) is 25.8 Å². The second kappa shape index (κ2) is 5.17. The molecule has 0 bridgehead atoms. The van der Waals surface area contributed by atoms with Gasteiger partial charge >= 0.3 is 0 Å². The van der Waals surface area contributed by atoms with Gasteiger partial charge in [0.1, 0.15) is 5.76 Å². The van der Waals surface area contributed by atoms with Gasteiger partial charge in [0, 0.05) is 6.61 Å². The maximum Gasteiger partial charge on any atom is 0.111 e. The Balaban J connectivity index is 2.29. The minimum atomic E-state index is -0.0785. The first-order valence-electron chi connectivity index (χ1n) is 4.50. The molecule has 2 N–H and O–H groups in total. The Hall–Kier alpha value is -0.540. The second-order valence-corrected chi connectivity index (χ2v) is 2.86. The van der Waals surface area contributed by atoms with Gasteiger partial charge in [0.05, 0.1) is 19.3 Å². The van der Waals surface area contributed by atoms with E-state index in [1.165, 1.54) is 0 Å². The molecule has 1 rings (SSSR count). The number of ether oxygens (including phenoxy) is 2. The van der Waals surface area contributed by atoms with E-state index < -0.39 is 0 Å². The topological polar surface area (TPSA) is 44.5 Å². The molecule has 0 aromatic carbocycles. The standard InChI is InChI=1S/C9H17NO2/c1-2-11-7-8(10)9-5-3-4-6-12-9/h5,8H,2-4,6-7,10H2,1H3. The maximum atomic E-state index is 5.82. The summed E-state index contributed by atoms with van der Waals surface area (Å²) < 4.78 is 10.6. The van der Waals surface area contributed by atoms with Crippen LogP contribution in [0.15, 0.2) is 11.8 Å². The summed E-state index contributed by atoms with van der Waals surface area (Å²) in [5.74, 6) is 0.898. The van der Waals surface area contributed by atoms with Gasteiger partial charge in [0.25, 0.3) is 0 Å². The fourth-order valence-electron chi connectivity index (χ4n) is 1.16. The lowest BCUT2D eigenvalue weighted by molar-refractivity contribution is 0.107. The van der Waals surface area contributed by atoms with Crippen molar-refractivity contribution in [2.24, 2.45) is 5.73 Å². The molecule has 0 saturated heterocycles. The van der Waals surface area contributed by atoms with Crippen molar-refractivity contribution in [1.82, 2.24) is 0 Å². The van der Waals surface area contributed by atoms with E-state index in [1.54, 1.807) is 0 Å². The van der Waals surface area contributed by atoms with E-state index in [4.69, 9.17) is 15.2 Å². The van der Waals surface area contributed by atoms with Gasteiger partial charge in [-0.1, -0.05) is 0 Å². The molecule has 1 aliphatic rings. The third-order valence-electron chi connectivity index (χ3n) is 1.83. The highest BCUT2D eigenvalue weighted by atomic mass is 16.5. The molecule has 0 aromatic heterocycles. The van der Waals surface area contributed by atoms with Crippen molar-refractivity contribution in [2.75, 3.05) is 19.8 Å². The van der Waals surface area contributed by atoms with E-state index in [-0.39, 0.29) is 6.04 Å². The summed E-state index contributed by atoms with van der Waals surface area (Å²) in [5, 5.41) is 0. The average Bonchev–Trinajstić information content (AvgIpc) is 2.15. The van der Waals surface area contributed by atoms with Crippen molar-refractivity contribution in [3.05, 3.63) is 11.8 Å². The van der Waals surface area contributed by atoms with E-state index in [0.29, 0.717) is 13.2 Å². The second-order valence-electron chi connectivity index (χ2n) is 2.86. The first-order valence-corrected chi connectivity index (χ1v) is 4.50. The maximum absolute atomic E-state index is 5.82. The van der Waals surface area contributed by atoms with Crippen LogP contribution >= 0.6 is 0 Å². The summed E-state index contributed by atoms with van der Waals surface area (Å²) in [6.45, 7) is 4.03. The van der Waals surface area contributed by atoms with E-state index >= 15 is 0 Å². The van der Waals surface area contributed by atoms with Gasteiger partial charge in [0.15, 0.2) is 0 Å². The zero-order valence-electron chi connectivity index (χ0n) is 7.58. The monoisotopic (exact) mass is 171 g/mol. The number of rotatable bonds is 4. The quantitative estimate of drug-likeness (QED) is 0.687. The molecule has 0 aliphatic carbocycles. The SMILES string of the molecule is CCOCC(N)C1=CCCCO1. The number of allylic oxidation sites excluding steroid dienone is 1. The van der Waals surface area contributed by atoms with Gasteiger partial charge in [0.2, 0.25) is 0 Å². The van der Waals surface area contributed by atoms with Crippen LogP contribution in [0.4, 0.5) is 0 Å². The van der Waals surface area contributed by atoms with Crippen molar-refractivity contribution < 1.29 is 9.47 Å². The Morgan fingerprint density at radius 1 is 1.75 bits per heavy atom. The van der Waals surface area contributed by atoms with E-state index in [0.717, 1.165) is 25.2 Å². The molecule has 1 atom stereocenters. The first kappa shape index (κ1) is 9.55. The molecule has 70 valence electrons. The highest BCUT2D eigenvalue weighted by molar-refractivity contribution is 5.04. The minimum Gasteiger partial charge on any atom is -0.497 e. The molecular formula is C9H17NO2. The summed E-state index contributed by atoms with van der Waals surface area (Å²) in [5.41, 5.74) is 5.82. The summed E-state index contributed by atoms with van der Waals surface area (Å²) in [6.07, 6.45) is 4.24. The third-order valence-corrected chi connectivity index (χ3v) is 1.83. The van der Waals surface area contributed by atoms with Crippen LogP contribution in [0.1, 0.15) is 19.8 Å². The van der Waals surface area contributed by atoms with Crippen LogP contribution in [0.5, 0.6) is 0 Å². The molecule has 0 fully saturated rings. The van der Waals surface area contributed by atoms with Crippen LogP contribution in [-0.4, -0.2) is 25.9 Å². The molecule has 1 unspecified atom stereocenters. The van der Waals surface area contributed by atoms with E-state index in [2.05, 4.69) is 6.08 Å². The van der Waals surface area contributed by atoms with Gasteiger partial charge < -0.3 is 15.2 Å². The number of hydrogen-bond acceptors (Lipinski definition) is 3. The molecule has 0 amide bonds. The molecule has 12 heavy (non-hydrogen) atoms. The average molecular weight is 171 g/mol. The Labute approximate surface area is 73.5 Å². The van der Waals surface area contributed by atoms with Crippen LogP contribution in [0.25, 0.3) is 0 Å². The van der Waals surface area contributed by atoms with Crippen LogP contribution < -0.4 is 5.73 Å². The molecule has 0 aromatic rings. The lowest BCUT2D eigenvalue weighted by Crippen LogP contribution is -2.30. The molecule has 3 nitrogen and oxygen atoms in total. The van der Waals surface area contributed by atoms with Crippen molar-refractivity contribution >= 4 is 0 Å². The normalized spacial score (nSPS) is 19.7. The highest BCUT2D eigenvalue weighted by Crippen LogP contribution is 2.12. The number of hydrogen-bond donors (Lipinski definition) is 1. The molecule has 1 aliphatic heterocycles. The molecule has 3 heteroatoms. The summed E-state index contributed by atoms with van der Waals surface area (Å²) in [4.78, 5) is 0. The smallest absolute Gasteiger partial charge is 0.111 e. The fraction of sp³-hybridized carbons (Fsp3) is 0.778. The van der Waals surface area contributed by atoms with Crippen molar-refractivity contribution in [1.29, 1.82) is 0 Å². The zero-order chi connectivity index (χ0) is 8.81. The molecule has 0 saturated carbocycles. The molecule has 1 heterocycles. The summed E-state index contributed by atoms with van der Waals surface area (Å²) in [7, 11) is 0. The van der Waals surface area contributed by atoms with E-state index in [9.17, 15) is 0 Å².